The minimum Gasteiger partial charge on any atom is -0.307 e. The second-order valence-corrected chi connectivity index (χ2v) is 7.38. The fourth-order valence-electron chi connectivity index (χ4n) is 1.87. The minimum absolute atomic E-state index is 0.648. The third-order valence-corrected chi connectivity index (χ3v) is 5.71. The van der Waals surface area contributed by atoms with Gasteiger partial charge in [0.1, 0.15) is 10.8 Å². The number of nitrogens with zero attached hydrogens (tertiary/aromatic N) is 3. The first-order chi connectivity index (χ1) is 10.6. The summed E-state index contributed by atoms with van der Waals surface area (Å²) in [4.78, 5) is 4.67. The number of aromatic nitrogens is 4. The van der Waals surface area contributed by atoms with E-state index in [0.717, 1.165) is 38.6 Å². The van der Waals surface area contributed by atoms with Gasteiger partial charge in [0.25, 0.3) is 0 Å². The first-order valence-corrected chi connectivity index (χ1v) is 9.34. The number of H-pyrrole nitrogens is 1. The van der Waals surface area contributed by atoms with Gasteiger partial charge in [-0.1, -0.05) is 23.7 Å². The van der Waals surface area contributed by atoms with Crippen LogP contribution in [-0.2, 0) is 18.6 Å². The van der Waals surface area contributed by atoms with E-state index in [1.807, 2.05) is 35.9 Å². The predicted octanol–water partition coefficient (Wildman–Crippen LogP) is 4.69. The lowest BCUT2D eigenvalue weighted by Gasteiger charge is -1.99. The molecule has 0 unspecified atom stereocenters. The normalized spacial score (nSPS) is 11.0. The molecule has 0 spiro atoms. The minimum atomic E-state index is 0.648. The van der Waals surface area contributed by atoms with E-state index in [4.69, 9.17) is 23.8 Å². The summed E-state index contributed by atoms with van der Waals surface area (Å²) in [5.74, 6) is 2.61. The summed E-state index contributed by atoms with van der Waals surface area (Å²) in [7, 11) is 1.92. The van der Waals surface area contributed by atoms with Crippen molar-refractivity contribution in [1.82, 2.24) is 19.7 Å². The summed E-state index contributed by atoms with van der Waals surface area (Å²) in [6, 6.07) is 7.75. The van der Waals surface area contributed by atoms with Gasteiger partial charge in [0.15, 0.2) is 4.77 Å². The highest BCUT2D eigenvalue weighted by atomic mass is 35.5. The highest BCUT2D eigenvalue weighted by molar-refractivity contribution is 7.97. The van der Waals surface area contributed by atoms with Gasteiger partial charge in [-0.05, 0) is 24.4 Å². The summed E-state index contributed by atoms with van der Waals surface area (Å²) in [5.41, 5.74) is 2.08. The molecule has 4 nitrogen and oxygen atoms in total. The van der Waals surface area contributed by atoms with E-state index in [0.29, 0.717) is 4.77 Å². The molecular formula is C14H13ClN4S3. The molecule has 2 heterocycles. The van der Waals surface area contributed by atoms with Gasteiger partial charge in [0.2, 0.25) is 0 Å². The Morgan fingerprint density at radius 1 is 1.32 bits per heavy atom. The highest BCUT2D eigenvalue weighted by Crippen LogP contribution is 2.26. The summed E-state index contributed by atoms with van der Waals surface area (Å²) >= 11 is 14.5. The summed E-state index contributed by atoms with van der Waals surface area (Å²) in [6.45, 7) is 0. The Morgan fingerprint density at radius 2 is 2.09 bits per heavy atom. The summed E-state index contributed by atoms with van der Waals surface area (Å²) in [5, 5.41) is 10.9. The van der Waals surface area contributed by atoms with Crippen molar-refractivity contribution in [2.45, 2.75) is 11.5 Å². The lowest BCUT2D eigenvalue weighted by atomic mass is 10.2. The van der Waals surface area contributed by atoms with Crippen LogP contribution in [0.25, 0.3) is 11.3 Å². The number of hydrogen-bond acceptors (Lipinski definition) is 5. The van der Waals surface area contributed by atoms with E-state index in [-0.39, 0.29) is 0 Å². The number of nitrogens with one attached hydrogen (secondary N) is 1. The van der Waals surface area contributed by atoms with Gasteiger partial charge in [-0.15, -0.1) is 23.1 Å². The SMILES string of the molecule is Cn1c(CSCc2nc(-c3ccc(Cl)cc3)cs2)n[nH]c1=S. The summed E-state index contributed by atoms with van der Waals surface area (Å²) < 4.78 is 2.54. The maximum Gasteiger partial charge on any atom is 0.194 e. The number of rotatable bonds is 5. The van der Waals surface area contributed by atoms with Gasteiger partial charge in [0, 0.05) is 28.8 Å². The van der Waals surface area contributed by atoms with Crippen molar-refractivity contribution in [2.24, 2.45) is 7.05 Å². The van der Waals surface area contributed by atoms with Crippen LogP contribution in [0, 0.1) is 4.77 Å². The zero-order chi connectivity index (χ0) is 15.5. The largest absolute Gasteiger partial charge is 0.307 e. The molecule has 0 aliphatic carbocycles. The number of aromatic amines is 1. The van der Waals surface area contributed by atoms with E-state index in [2.05, 4.69) is 20.6 Å². The fourth-order valence-corrected chi connectivity index (χ4v) is 4.04. The van der Waals surface area contributed by atoms with Crippen LogP contribution >= 0.6 is 46.9 Å². The molecule has 0 saturated carbocycles. The van der Waals surface area contributed by atoms with Gasteiger partial charge in [-0.3, -0.25) is 5.10 Å². The Labute approximate surface area is 146 Å². The van der Waals surface area contributed by atoms with Crippen molar-refractivity contribution in [3.8, 4) is 11.3 Å². The average Bonchev–Trinajstić information content (AvgIpc) is 3.10. The Morgan fingerprint density at radius 3 is 2.77 bits per heavy atom. The van der Waals surface area contributed by atoms with Crippen molar-refractivity contribution >= 4 is 46.9 Å². The number of thiazole rings is 1. The molecule has 0 amide bonds. The molecule has 8 heteroatoms. The van der Waals surface area contributed by atoms with Crippen LogP contribution in [0.1, 0.15) is 10.8 Å². The molecule has 0 aliphatic rings. The van der Waals surface area contributed by atoms with E-state index in [9.17, 15) is 0 Å². The molecule has 2 aromatic heterocycles. The van der Waals surface area contributed by atoms with Crippen LogP contribution in [0.5, 0.6) is 0 Å². The van der Waals surface area contributed by atoms with E-state index in [1.54, 1.807) is 23.1 Å². The molecule has 3 rings (SSSR count). The molecule has 0 atom stereocenters. The highest BCUT2D eigenvalue weighted by Gasteiger charge is 2.07. The van der Waals surface area contributed by atoms with Crippen molar-refractivity contribution in [1.29, 1.82) is 0 Å². The Bertz CT molecular complexity index is 819. The van der Waals surface area contributed by atoms with Gasteiger partial charge < -0.3 is 4.57 Å². The zero-order valence-electron chi connectivity index (χ0n) is 11.7. The molecule has 114 valence electrons. The Kier molecular flexibility index (Phi) is 4.97. The number of thioether (sulfide) groups is 1. The smallest absolute Gasteiger partial charge is 0.194 e. The molecule has 1 aromatic carbocycles. The van der Waals surface area contributed by atoms with Gasteiger partial charge in [-0.25, -0.2) is 4.98 Å². The lowest BCUT2D eigenvalue weighted by molar-refractivity contribution is 0.838. The quantitative estimate of drug-likeness (QED) is 0.664. The van der Waals surface area contributed by atoms with Gasteiger partial charge >= 0.3 is 0 Å². The van der Waals surface area contributed by atoms with Crippen LogP contribution in [0.3, 0.4) is 0 Å². The van der Waals surface area contributed by atoms with Gasteiger partial charge in [0.05, 0.1) is 11.4 Å². The van der Waals surface area contributed by atoms with Crippen LogP contribution in [0.2, 0.25) is 5.02 Å². The van der Waals surface area contributed by atoms with Crippen LogP contribution in [0.15, 0.2) is 29.6 Å². The molecular weight excluding hydrogens is 356 g/mol. The van der Waals surface area contributed by atoms with Gasteiger partial charge in [-0.2, -0.15) is 5.10 Å². The first kappa shape index (κ1) is 15.7. The van der Waals surface area contributed by atoms with E-state index >= 15 is 0 Å². The third kappa shape index (κ3) is 3.60. The molecule has 0 aliphatic heterocycles. The standard InChI is InChI=1S/C14H13ClN4S3/c1-19-12(17-18-14(19)20)7-21-8-13-16-11(6-22-13)9-2-4-10(15)5-3-9/h2-6H,7-8H2,1H3,(H,18,20). The monoisotopic (exact) mass is 368 g/mol. The molecule has 22 heavy (non-hydrogen) atoms. The molecule has 0 fully saturated rings. The number of hydrogen-bond donors (Lipinski definition) is 1. The average molecular weight is 369 g/mol. The maximum atomic E-state index is 5.91. The van der Waals surface area contributed by atoms with Crippen LogP contribution in [0.4, 0.5) is 0 Å². The van der Waals surface area contributed by atoms with Crippen molar-refractivity contribution in [2.75, 3.05) is 0 Å². The zero-order valence-corrected chi connectivity index (χ0v) is 15.0. The Hall–Kier alpha value is -1.15. The number of benzene rings is 1. The summed E-state index contributed by atoms with van der Waals surface area (Å²) in [6.07, 6.45) is 0. The second kappa shape index (κ2) is 6.95. The van der Waals surface area contributed by atoms with Crippen LogP contribution < -0.4 is 0 Å². The Balaban J connectivity index is 1.61. The van der Waals surface area contributed by atoms with Crippen molar-refractivity contribution < 1.29 is 0 Å². The topological polar surface area (TPSA) is 46.5 Å². The molecule has 3 aromatic rings. The first-order valence-electron chi connectivity index (χ1n) is 6.52. The molecule has 0 radical (unpaired) electrons. The molecule has 0 saturated heterocycles. The van der Waals surface area contributed by atoms with Crippen molar-refractivity contribution in [3.63, 3.8) is 0 Å². The third-order valence-electron chi connectivity index (χ3n) is 3.12. The van der Waals surface area contributed by atoms with E-state index < -0.39 is 0 Å². The predicted molar refractivity (Wildman–Crippen MR) is 96.0 cm³/mol. The fraction of sp³-hybridized carbons (Fsp3) is 0.214. The molecule has 0 bridgehead atoms. The number of halogens is 1. The maximum absolute atomic E-state index is 5.91. The van der Waals surface area contributed by atoms with Crippen molar-refractivity contribution in [3.05, 3.63) is 50.3 Å². The van der Waals surface area contributed by atoms with Crippen LogP contribution in [-0.4, -0.2) is 19.7 Å². The lowest BCUT2D eigenvalue weighted by Crippen LogP contribution is -1.96. The molecule has 1 N–H and O–H groups in total. The second-order valence-electron chi connectivity index (χ2n) is 4.63. The van der Waals surface area contributed by atoms with E-state index in [1.165, 1.54) is 0 Å².